The summed E-state index contributed by atoms with van der Waals surface area (Å²) in [6.45, 7) is 2.72. The molecule has 2 atom stereocenters. The molecule has 1 aliphatic heterocycles. The first-order valence-electron chi connectivity index (χ1n) is 6.78. The summed E-state index contributed by atoms with van der Waals surface area (Å²) in [4.78, 5) is 16.0. The summed E-state index contributed by atoms with van der Waals surface area (Å²) in [5.41, 5.74) is 0.860. The minimum absolute atomic E-state index is 0.0757. The van der Waals surface area contributed by atoms with Gasteiger partial charge in [0.25, 0.3) is 5.91 Å². The van der Waals surface area contributed by atoms with Crippen LogP contribution < -0.4 is 0 Å². The lowest BCUT2D eigenvalue weighted by Crippen LogP contribution is -2.41. The van der Waals surface area contributed by atoms with Gasteiger partial charge in [-0.25, -0.2) is 4.39 Å². The van der Waals surface area contributed by atoms with Gasteiger partial charge in [0.15, 0.2) is 0 Å². The van der Waals surface area contributed by atoms with Crippen molar-refractivity contribution in [3.63, 3.8) is 0 Å². The van der Waals surface area contributed by atoms with Crippen LogP contribution in [0.2, 0.25) is 0 Å². The minimum atomic E-state index is -0.530. The average molecular weight is 280 g/mol. The molecule has 0 spiro atoms. The molecule has 1 saturated heterocycles. The lowest BCUT2D eigenvalue weighted by Gasteiger charge is -2.27. The van der Waals surface area contributed by atoms with Gasteiger partial charge in [-0.15, -0.1) is 0 Å². The van der Waals surface area contributed by atoms with E-state index >= 15 is 0 Å². The molecule has 20 heavy (non-hydrogen) atoms. The summed E-state index contributed by atoms with van der Waals surface area (Å²) in [6.07, 6.45) is 0.00891. The van der Waals surface area contributed by atoms with E-state index in [0.717, 1.165) is 5.56 Å². The van der Waals surface area contributed by atoms with E-state index in [9.17, 15) is 14.3 Å². The Morgan fingerprint density at radius 1 is 1.50 bits per heavy atom. The topological polar surface area (TPSA) is 43.8 Å². The van der Waals surface area contributed by atoms with Crippen molar-refractivity contribution < 1.29 is 14.3 Å². The van der Waals surface area contributed by atoms with E-state index < -0.39 is 11.9 Å². The third-order valence-electron chi connectivity index (χ3n) is 3.58. The largest absolute Gasteiger partial charge is 0.391 e. The van der Waals surface area contributed by atoms with Gasteiger partial charge in [-0.05, 0) is 45.1 Å². The maximum atomic E-state index is 13.9. The number of hydrogen-bond donors (Lipinski definition) is 1. The number of rotatable bonds is 3. The molecule has 1 aromatic carbocycles. The van der Waals surface area contributed by atoms with E-state index in [-0.39, 0.29) is 24.1 Å². The molecule has 0 saturated carbocycles. The zero-order chi connectivity index (χ0) is 14.9. The predicted octanol–water partition coefficient (Wildman–Crippen LogP) is 1.27. The zero-order valence-electron chi connectivity index (χ0n) is 12.1. The first kappa shape index (κ1) is 14.9. The van der Waals surface area contributed by atoms with E-state index in [4.69, 9.17) is 0 Å². The van der Waals surface area contributed by atoms with Crippen molar-refractivity contribution in [1.29, 1.82) is 0 Å². The Morgan fingerprint density at radius 2 is 2.20 bits per heavy atom. The number of nitrogens with zero attached hydrogens (tertiary/aromatic N) is 2. The van der Waals surface area contributed by atoms with Gasteiger partial charge in [0.1, 0.15) is 5.82 Å². The number of aryl methyl sites for hydroxylation is 1. The fourth-order valence-corrected chi connectivity index (χ4v) is 2.68. The summed E-state index contributed by atoms with van der Waals surface area (Å²) in [5, 5.41) is 9.79. The number of carbonyl (C=O) groups is 1. The van der Waals surface area contributed by atoms with Gasteiger partial charge < -0.3 is 14.9 Å². The maximum Gasteiger partial charge on any atom is 0.257 e. The quantitative estimate of drug-likeness (QED) is 0.907. The summed E-state index contributed by atoms with van der Waals surface area (Å²) < 4.78 is 13.9. The molecule has 0 bridgehead atoms. The van der Waals surface area contributed by atoms with Crippen LogP contribution in [0.3, 0.4) is 0 Å². The van der Waals surface area contributed by atoms with Gasteiger partial charge in [-0.1, -0.05) is 6.07 Å². The highest BCUT2D eigenvalue weighted by Gasteiger charge is 2.35. The number of β-amino-alcohol motifs (C(OH)–C–C–N with tert-alkyl or cyclic N) is 1. The van der Waals surface area contributed by atoms with Crippen molar-refractivity contribution in [2.24, 2.45) is 0 Å². The Balaban J connectivity index is 2.22. The lowest BCUT2D eigenvalue weighted by atomic mass is 10.1. The molecule has 0 aliphatic carbocycles. The molecule has 1 aliphatic rings. The molecular weight excluding hydrogens is 259 g/mol. The van der Waals surface area contributed by atoms with Gasteiger partial charge in [0.05, 0.1) is 11.7 Å². The standard InChI is InChI=1S/C15H21FN2O2/c1-10-4-5-13(14(16)6-10)15(20)18-9-12(19)7-11(18)8-17(2)3/h4-6,11-12,19H,7-9H2,1-3H3. The van der Waals surface area contributed by atoms with Crippen molar-refractivity contribution in [2.45, 2.75) is 25.5 Å². The monoisotopic (exact) mass is 280 g/mol. The highest BCUT2D eigenvalue weighted by molar-refractivity contribution is 5.95. The Kier molecular flexibility index (Phi) is 4.40. The fraction of sp³-hybridized carbons (Fsp3) is 0.533. The van der Waals surface area contributed by atoms with Crippen LogP contribution in [0, 0.1) is 12.7 Å². The number of aliphatic hydroxyl groups excluding tert-OH is 1. The molecule has 1 N–H and O–H groups in total. The summed E-state index contributed by atoms with van der Waals surface area (Å²) in [6, 6.07) is 4.53. The summed E-state index contributed by atoms with van der Waals surface area (Å²) in [7, 11) is 3.83. The van der Waals surface area contributed by atoms with E-state index in [0.29, 0.717) is 13.0 Å². The van der Waals surface area contributed by atoms with Crippen molar-refractivity contribution in [2.75, 3.05) is 27.2 Å². The van der Waals surface area contributed by atoms with Crippen molar-refractivity contribution in [1.82, 2.24) is 9.80 Å². The number of hydrogen-bond acceptors (Lipinski definition) is 3. The van der Waals surface area contributed by atoms with Crippen LogP contribution in [0.1, 0.15) is 22.3 Å². The molecule has 2 unspecified atom stereocenters. The van der Waals surface area contributed by atoms with Crippen LogP contribution in [0.5, 0.6) is 0 Å². The molecule has 5 heteroatoms. The van der Waals surface area contributed by atoms with Crippen LogP contribution in [0.4, 0.5) is 4.39 Å². The molecule has 1 fully saturated rings. The Bertz CT molecular complexity index is 505. The number of amides is 1. The summed E-state index contributed by atoms with van der Waals surface area (Å²) in [5.74, 6) is -0.842. The first-order chi connectivity index (χ1) is 9.38. The number of halogens is 1. The van der Waals surface area contributed by atoms with E-state index in [1.807, 2.05) is 19.0 Å². The number of carbonyl (C=O) groups excluding carboxylic acids is 1. The molecule has 1 amide bonds. The normalized spacial score (nSPS) is 22.6. The zero-order valence-corrected chi connectivity index (χ0v) is 12.1. The van der Waals surface area contributed by atoms with Crippen LogP contribution in [-0.4, -0.2) is 60.1 Å². The van der Waals surface area contributed by atoms with E-state index in [1.165, 1.54) is 12.1 Å². The van der Waals surface area contributed by atoms with E-state index in [2.05, 4.69) is 0 Å². The third kappa shape index (κ3) is 3.16. The second-order valence-corrected chi connectivity index (χ2v) is 5.75. The molecule has 4 nitrogen and oxygen atoms in total. The second-order valence-electron chi connectivity index (χ2n) is 5.75. The molecule has 0 radical (unpaired) electrons. The molecule has 2 rings (SSSR count). The highest BCUT2D eigenvalue weighted by Crippen LogP contribution is 2.22. The fourth-order valence-electron chi connectivity index (χ4n) is 2.68. The van der Waals surface area contributed by atoms with Crippen LogP contribution in [-0.2, 0) is 0 Å². The number of likely N-dealkylation sites (N-methyl/N-ethyl adjacent to an activating group) is 1. The van der Waals surface area contributed by atoms with Gasteiger partial charge in [-0.3, -0.25) is 4.79 Å². The van der Waals surface area contributed by atoms with Crippen LogP contribution in [0.15, 0.2) is 18.2 Å². The summed E-state index contributed by atoms with van der Waals surface area (Å²) >= 11 is 0. The molecule has 0 aromatic heterocycles. The smallest absolute Gasteiger partial charge is 0.257 e. The van der Waals surface area contributed by atoms with Crippen LogP contribution in [0.25, 0.3) is 0 Å². The number of benzene rings is 1. The van der Waals surface area contributed by atoms with Crippen LogP contribution >= 0.6 is 0 Å². The molecule has 1 aromatic rings. The minimum Gasteiger partial charge on any atom is -0.391 e. The average Bonchev–Trinajstić information content (AvgIpc) is 2.68. The van der Waals surface area contributed by atoms with Crippen molar-refractivity contribution in [3.8, 4) is 0 Å². The van der Waals surface area contributed by atoms with E-state index in [1.54, 1.807) is 17.9 Å². The van der Waals surface area contributed by atoms with Gasteiger partial charge in [0, 0.05) is 19.1 Å². The Hall–Kier alpha value is -1.46. The Labute approximate surface area is 118 Å². The SMILES string of the molecule is Cc1ccc(C(=O)N2CC(O)CC2CN(C)C)c(F)c1. The maximum absolute atomic E-state index is 13.9. The van der Waals surface area contributed by atoms with Gasteiger partial charge >= 0.3 is 0 Å². The van der Waals surface area contributed by atoms with Gasteiger partial charge in [-0.2, -0.15) is 0 Å². The molecule has 1 heterocycles. The highest BCUT2D eigenvalue weighted by atomic mass is 19.1. The van der Waals surface area contributed by atoms with Crippen molar-refractivity contribution in [3.05, 3.63) is 35.1 Å². The number of aliphatic hydroxyl groups is 1. The number of likely N-dealkylation sites (tertiary alicyclic amines) is 1. The predicted molar refractivity (Wildman–Crippen MR) is 75.1 cm³/mol. The van der Waals surface area contributed by atoms with Gasteiger partial charge in [0.2, 0.25) is 0 Å². The Morgan fingerprint density at radius 3 is 2.80 bits per heavy atom. The second kappa shape index (κ2) is 5.89. The molecular formula is C15H21FN2O2. The molecule has 110 valence electrons. The van der Waals surface area contributed by atoms with Crippen molar-refractivity contribution >= 4 is 5.91 Å². The third-order valence-corrected chi connectivity index (χ3v) is 3.58. The first-order valence-corrected chi connectivity index (χ1v) is 6.78. The lowest BCUT2D eigenvalue weighted by molar-refractivity contribution is 0.0694.